The van der Waals surface area contributed by atoms with E-state index in [2.05, 4.69) is 0 Å². The molecule has 1 heterocycles. The Morgan fingerprint density at radius 2 is 1.72 bits per heavy atom. The Balaban J connectivity index is 1.95. The number of piperazine rings is 1. The molecule has 0 saturated carbocycles. The van der Waals surface area contributed by atoms with Gasteiger partial charge in [-0.15, -0.1) is 0 Å². The molecule has 25 heavy (non-hydrogen) atoms. The molecule has 0 atom stereocenters. The number of rotatable bonds is 6. The van der Waals surface area contributed by atoms with Gasteiger partial charge in [0.2, 0.25) is 15.9 Å². The van der Waals surface area contributed by atoms with Crippen LogP contribution in [-0.4, -0.2) is 80.2 Å². The van der Waals surface area contributed by atoms with Gasteiger partial charge in [-0.25, -0.2) is 8.42 Å². The molecule has 138 valence electrons. The molecule has 1 aliphatic rings. The SMILES string of the molecule is CN(C)CC(=O)N1CCN(S(=O)(=O)Cc2ccc([N+](=O)[O-])cc2)CC1. The summed E-state index contributed by atoms with van der Waals surface area (Å²) in [5, 5.41) is 10.6. The molecule has 2 rings (SSSR count). The summed E-state index contributed by atoms with van der Waals surface area (Å²) < 4.78 is 26.4. The lowest BCUT2D eigenvalue weighted by Gasteiger charge is -2.34. The van der Waals surface area contributed by atoms with Gasteiger partial charge < -0.3 is 9.80 Å². The second kappa shape index (κ2) is 7.89. The van der Waals surface area contributed by atoms with Gasteiger partial charge >= 0.3 is 0 Å². The molecule has 10 heteroatoms. The molecular weight excluding hydrogens is 348 g/mol. The fourth-order valence-electron chi connectivity index (χ4n) is 2.60. The van der Waals surface area contributed by atoms with Gasteiger partial charge in [0.1, 0.15) is 0 Å². The Labute approximate surface area is 147 Å². The van der Waals surface area contributed by atoms with Crippen LogP contribution in [0, 0.1) is 10.1 Å². The van der Waals surface area contributed by atoms with Crippen LogP contribution >= 0.6 is 0 Å². The summed E-state index contributed by atoms with van der Waals surface area (Å²) in [5.41, 5.74) is 0.422. The van der Waals surface area contributed by atoms with E-state index >= 15 is 0 Å². The number of non-ortho nitro benzene ring substituents is 1. The maximum atomic E-state index is 12.5. The number of hydrogen-bond donors (Lipinski definition) is 0. The van der Waals surface area contributed by atoms with Crippen molar-refractivity contribution in [1.29, 1.82) is 0 Å². The van der Waals surface area contributed by atoms with Crippen LogP contribution in [0.5, 0.6) is 0 Å². The highest BCUT2D eigenvalue weighted by atomic mass is 32.2. The summed E-state index contributed by atoms with van der Waals surface area (Å²) >= 11 is 0. The Bertz CT molecular complexity index is 725. The number of sulfonamides is 1. The fourth-order valence-corrected chi connectivity index (χ4v) is 4.12. The van der Waals surface area contributed by atoms with Crippen molar-refractivity contribution in [3.8, 4) is 0 Å². The van der Waals surface area contributed by atoms with Crippen molar-refractivity contribution in [2.75, 3.05) is 46.8 Å². The van der Waals surface area contributed by atoms with Gasteiger partial charge in [0, 0.05) is 38.3 Å². The van der Waals surface area contributed by atoms with E-state index in [0.29, 0.717) is 25.2 Å². The monoisotopic (exact) mass is 370 g/mol. The molecule has 1 aliphatic heterocycles. The fraction of sp³-hybridized carbons (Fsp3) is 0.533. The topological polar surface area (TPSA) is 104 Å². The molecular formula is C15H22N4O5S. The number of nitro groups is 1. The highest BCUT2D eigenvalue weighted by molar-refractivity contribution is 7.88. The molecule has 1 amide bonds. The molecule has 1 saturated heterocycles. The first-order chi connectivity index (χ1) is 11.7. The average Bonchev–Trinajstić information content (AvgIpc) is 2.54. The van der Waals surface area contributed by atoms with Crippen molar-refractivity contribution in [1.82, 2.24) is 14.1 Å². The lowest BCUT2D eigenvalue weighted by Crippen LogP contribution is -2.52. The largest absolute Gasteiger partial charge is 0.339 e. The predicted molar refractivity (Wildman–Crippen MR) is 92.4 cm³/mol. The van der Waals surface area contributed by atoms with Crippen LogP contribution in [0.25, 0.3) is 0 Å². The Kier molecular flexibility index (Phi) is 6.09. The molecule has 0 N–H and O–H groups in total. The second-order valence-corrected chi connectivity index (χ2v) is 8.17. The van der Waals surface area contributed by atoms with Crippen LogP contribution in [-0.2, 0) is 20.6 Å². The molecule has 0 spiro atoms. The molecule has 0 unspecified atom stereocenters. The zero-order chi connectivity index (χ0) is 18.6. The number of benzene rings is 1. The van der Waals surface area contributed by atoms with Crippen molar-refractivity contribution in [3.05, 3.63) is 39.9 Å². The number of hydrogen-bond acceptors (Lipinski definition) is 6. The summed E-state index contributed by atoms with van der Waals surface area (Å²) in [6.07, 6.45) is 0. The lowest BCUT2D eigenvalue weighted by atomic mass is 10.2. The van der Waals surface area contributed by atoms with Gasteiger partial charge in [0.25, 0.3) is 5.69 Å². The molecule has 0 aromatic heterocycles. The van der Waals surface area contributed by atoms with Gasteiger partial charge in [-0.2, -0.15) is 4.31 Å². The van der Waals surface area contributed by atoms with Crippen LogP contribution in [0.15, 0.2) is 24.3 Å². The van der Waals surface area contributed by atoms with E-state index in [0.717, 1.165) is 0 Å². The third-order valence-electron chi connectivity index (χ3n) is 3.93. The van der Waals surface area contributed by atoms with Gasteiger partial charge in [0.05, 0.1) is 17.2 Å². The summed E-state index contributed by atoms with van der Waals surface area (Å²) in [4.78, 5) is 25.6. The Morgan fingerprint density at radius 3 is 2.20 bits per heavy atom. The zero-order valence-electron chi connectivity index (χ0n) is 14.3. The maximum Gasteiger partial charge on any atom is 0.269 e. The lowest BCUT2D eigenvalue weighted by molar-refractivity contribution is -0.384. The van der Waals surface area contributed by atoms with E-state index in [-0.39, 0.29) is 30.4 Å². The molecule has 1 fully saturated rings. The highest BCUT2D eigenvalue weighted by Gasteiger charge is 2.29. The minimum atomic E-state index is -3.53. The van der Waals surface area contributed by atoms with Crippen LogP contribution in [0.2, 0.25) is 0 Å². The first-order valence-electron chi connectivity index (χ1n) is 7.83. The number of carbonyl (C=O) groups excluding carboxylic acids is 1. The predicted octanol–water partition coefficient (Wildman–Crippen LogP) is 0.130. The van der Waals surface area contributed by atoms with Crippen molar-refractivity contribution < 1.29 is 18.1 Å². The van der Waals surface area contributed by atoms with Crippen molar-refractivity contribution in [2.24, 2.45) is 0 Å². The van der Waals surface area contributed by atoms with E-state index < -0.39 is 14.9 Å². The third-order valence-corrected chi connectivity index (χ3v) is 5.78. The summed E-state index contributed by atoms with van der Waals surface area (Å²) in [6.45, 7) is 1.55. The first kappa shape index (κ1) is 19.3. The maximum absolute atomic E-state index is 12.5. The van der Waals surface area contributed by atoms with Crippen LogP contribution in [0.4, 0.5) is 5.69 Å². The number of amides is 1. The van der Waals surface area contributed by atoms with E-state index in [1.54, 1.807) is 9.80 Å². The number of nitro benzene ring substituents is 1. The summed E-state index contributed by atoms with van der Waals surface area (Å²) in [5.74, 6) is -0.228. The molecule has 1 aromatic carbocycles. The minimum Gasteiger partial charge on any atom is -0.339 e. The van der Waals surface area contributed by atoms with E-state index in [1.165, 1.54) is 28.6 Å². The van der Waals surface area contributed by atoms with Crippen molar-refractivity contribution in [3.63, 3.8) is 0 Å². The van der Waals surface area contributed by atoms with Crippen LogP contribution in [0.3, 0.4) is 0 Å². The molecule has 0 bridgehead atoms. The van der Waals surface area contributed by atoms with Gasteiger partial charge in [-0.05, 0) is 19.7 Å². The van der Waals surface area contributed by atoms with Gasteiger partial charge in [-0.3, -0.25) is 14.9 Å². The molecule has 9 nitrogen and oxygen atoms in total. The molecule has 0 radical (unpaired) electrons. The highest BCUT2D eigenvalue weighted by Crippen LogP contribution is 2.17. The smallest absolute Gasteiger partial charge is 0.269 e. The minimum absolute atomic E-state index is 0.0163. The molecule has 0 aliphatic carbocycles. The summed E-state index contributed by atoms with van der Waals surface area (Å²) in [6, 6.07) is 5.49. The van der Waals surface area contributed by atoms with Crippen molar-refractivity contribution in [2.45, 2.75) is 5.75 Å². The first-order valence-corrected chi connectivity index (χ1v) is 9.43. The van der Waals surface area contributed by atoms with E-state index in [4.69, 9.17) is 0 Å². The zero-order valence-corrected chi connectivity index (χ0v) is 15.1. The Morgan fingerprint density at radius 1 is 1.16 bits per heavy atom. The van der Waals surface area contributed by atoms with Crippen LogP contribution in [0.1, 0.15) is 5.56 Å². The number of likely N-dealkylation sites (N-methyl/N-ethyl adjacent to an activating group) is 1. The molecule has 1 aromatic rings. The third kappa shape index (κ3) is 5.21. The Hall–Kier alpha value is -2.04. The van der Waals surface area contributed by atoms with Gasteiger partial charge in [-0.1, -0.05) is 12.1 Å². The standard InChI is InChI=1S/C15H22N4O5S/c1-16(2)11-15(20)17-7-9-18(10-8-17)25(23,24)12-13-3-5-14(6-4-13)19(21)22/h3-6H,7-12H2,1-2H3. The van der Waals surface area contributed by atoms with E-state index in [9.17, 15) is 23.3 Å². The van der Waals surface area contributed by atoms with Crippen LogP contribution < -0.4 is 0 Å². The number of nitrogens with zero attached hydrogens (tertiary/aromatic N) is 4. The number of carbonyl (C=O) groups is 1. The summed E-state index contributed by atoms with van der Waals surface area (Å²) in [7, 11) is 0.0901. The van der Waals surface area contributed by atoms with Crippen molar-refractivity contribution >= 4 is 21.6 Å². The quantitative estimate of drug-likeness (QED) is 0.521. The normalized spacial score (nSPS) is 16.2. The average molecular weight is 370 g/mol. The van der Waals surface area contributed by atoms with E-state index in [1.807, 2.05) is 14.1 Å². The van der Waals surface area contributed by atoms with Gasteiger partial charge in [0.15, 0.2) is 0 Å². The second-order valence-electron chi connectivity index (χ2n) is 6.20.